The van der Waals surface area contributed by atoms with Crippen molar-refractivity contribution in [3.05, 3.63) is 84.5 Å². The molecule has 190 valence electrons. The van der Waals surface area contributed by atoms with Gasteiger partial charge in [0.25, 0.3) is 11.8 Å². The topological polar surface area (TPSA) is 127 Å². The molecule has 0 aliphatic carbocycles. The predicted molar refractivity (Wildman–Crippen MR) is 150 cm³/mol. The Morgan fingerprint density at radius 3 is 2.46 bits per heavy atom. The van der Waals surface area contributed by atoms with Crippen molar-refractivity contribution in [1.82, 2.24) is 10.2 Å². The molecule has 2 N–H and O–H groups in total. The van der Waals surface area contributed by atoms with E-state index in [1.54, 1.807) is 30.3 Å². The second-order valence-electron chi connectivity index (χ2n) is 7.65. The quantitative estimate of drug-likeness (QED) is 0.153. The van der Waals surface area contributed by atoms with Gasteiger partial charge in [-0.1, -0.05) is 18.2 Å². The van der Waals surface area contributed by atoms with Crippen molar-refractivity contribution in [3.63, 3.8) is 0 Å². The third kappa shape index (κ3) is 6.49. The maximum atomic E-state index is 12.9. The summed E-state index contributed by atoms with van der Waals surface area (Å²) in [6, 6.07) is 14.9. The molecule has 37 heavy (non-hydrogen) atoms. The first kappa shape index (κ1) is 26.7. The molecule has 0 unspecified atom stereocenters. The van der Waals surface area contributed by atoms with E-state index in [0.717, 1.165) is 12.0 Å². The highest BCUT2D eigenvalue weighted by Gasteiger charge is 2.34. The Balaban J connectivity index is 1.42. The minimum atomic E-state index is -0.655. The molecule has 3 aromatic rings. The number of esters is 1. The number of ether oxygens (including phenoxy) is 2. The standard InChI is InChI=1S/C25H19I2N3O7/c1-35-24(33)20-8-7-16(37-20)12-30-23(32)19(29-25(30)34)11-14-9-17(26)22(18(27)10-14)36-13-21(31)28-15-5-3-2-4-6-15/h2-11H,12-13H2,1H3,(H,28,31)(H,29,34)/b19-11-. The highest BCUT2D eigenvalue weighted by Crippen LogP contribution is 2.30. The fraction of sp³-hybridized carbons (Fsp3) is 0.120. The highest BCUT2D eigenvalue weighted by atomic mass is 127. The monoisotopic (exact) mass is 727 g/mol. The number of hydrogen-bond acceptors (Lipinski definition) is 7. The number of carbonyl (C=O) groups excluding carboxylic acids is 4. The van der Waals surface area contributed by atoms with Crippen LogP contribution in [0.1, 0.15) is 21.9 Å². The predicted octanol–water partition coefficient (Wildman–Crippen LogP) is 4.39. The fourth-order valence-corrected chi connectivity index (χ4v) is 5.50. The molecule has 1 aliphatic heterocycles. The Labute approximate surface area is 238 Å². The van der Waals surface area contributed by atoms with E-state index in [9.17, 15) is 19.2 Å². The molecule has 1 aliphatic rings. The van der Waals surface area contributed by atoms with Crippen molar-refractivity contribution in [2.24, 2.45) is 0 Å². The Morgan fingerprint density at radius 2 is 1.78 bits per heavy atom. The van der Waals surface area contributed by atoms with E-state index in [2.05, 4.69) is 60.6 Å². The first-order valence-electron chi connectivity index (χ1n) is 10.7. The molecule has 0 spiro atoms. The normalized spacial score (nSPS) is 14.0. The number of amides is 4. The van der Waals surface area contributed by atoms with Gasteiger partial charge in [-0.3, -0.25) is 14.5 Å². The minimum Gasteiger partial charge on any atom is -0.482 e. The smallest absolute Gasteiger partial charge is 0.373 e. The van der Waals surface area contributed by atoms with Crippen molar-refractivity contribution < 1.29 is 33.1 Å². The summed E-state index contributed by atoms with van der Waals surface area (Å²) >= 11 is 4.17. The number of para-hydroxylation sites is 1. The van der Waals surface area contributed by atoms with Crippen LogP contribution in [0.15, 0.2) is 64.7 Å². The Morgan fingerprint density at radius 1 is 1.08 bits per heavy atom. The van der Waals surface area contributed by atoms with Crippen molar-refractivity contribution in [1.29, 1.82) is 0 Å². The van der Waals surface area contributed by atoms with Crippen LogP contribution in [-0.2, 0) is 20.9 Å². The SMILES string of the molecule is COC(=O)c1ccc(CN2C(=O)N/C(=C\c3cc(I)c(OCC(=O)Nc4ccccc4)c(I)c3)C2=O)o1. The molecule has 4 amide bonds. The second kappa shape index (κ2) is 11.8. The summed E-state index contributed by atoms with van der Waals surface area (Å²) in [7, 11) is 1.23. The number of nitrogens with zero attached hydrogens (tertiary/aromatic N) is 1. The van der Waals surface area contributed by atoms with Gasteiger partial charge >= 0.3 is 12.0 Å². The van der Waals surface area contributed by atoms with Crippen LogP contribution in [0, 0.1) is 7.14 Å². The minimum absolute atomic E-state index is 0.0238. The largest absolute Gasteiger partial charge is 0.482 e. The van der Waals surface area contributed by atoms with Gasteiger partial charge in [0.05, 0.1) is 20.8 Å². The molecule has 0 saturated carbocycles. The summed E-state index contributed by atoms with van der Waals surface area (Å²) < 4.78 is 17.1. The maximum absolute atomic E-state index is 12.9. The number of urea groups is 1. The molecule has 1 aromatic heterocycles. The zero-order valence-electron chi connectivity index (χ0n) is 19.2. The summed E-state index contributed by atoms with van der Waals surface area (Å²) in [5.41, 5.74) is 1.43. The van der Waals surface area contributed by atoms with Gasteiger partial charge in [-0.05, 0) is 93.2 Å². The second-order valence-corrected chi connectivity index (χ2v) is 9.98. The molecule has 0 bridgehead atoms. The molecule has 10 nitrogen and oxygen atoms in total. The molecule has 1 fully saturated rings. The van der Waals surface area contributed by atoms with Crippen LogP contribution in [0.2, 0.25) is 0 Å². The Bertz CT molecular complexity index is 1380. The van der Waals surface area contributed by atoms with E-state index in [-0.39, 0.29) is 36.3 Å². The van der Waals surface area contributed by atoms with Crippen molar-refractivity contribution >= 4 is 80.8 Å². The van der Waals surface area contributed by atoms with Crippen molar-refractivity contribution in [3.8, 4) is 5.75 Å². The number of rotatable bonds is 8. The third-order valence-corrected chi connectivity index (χ3v) is 6.66. The fourth-order valence-electron chi connectivity index (χ4n) is 3.37. The molecule has 2 aromatic carbocycles. The number of furan rings is 1. The lowest BCUT2D eigenvalue weighted by molar-refractivity contribution is -0.123. The van der Waals surface area contributed by atoms with Crippen molar-refractivity contribution in [2.45, 2.75) is 6.54 Å². The van der Waals surface area contributed by atoms with E-state index in [0.29, 0.717) is 17.0 Å². The lowest BCUT2D eigenvalue weighted by Gasteiger charge is -2.12. The van der Waals surface area contributed by atoms with Gasteiger partial charge in [-0.2, -0.15) is 0 Å². The Hall–Kier alpha value is -3.40. The summed E-state index contributed by atoms with van der Waals surface area (Å²) in [5, 5.41) is 5.32. The number of benzene rings is 2. The average Bonchev–Trinajstić information content (AvgIpc) is 3.44. The number of halogens is 2. The molecule has 0 atom stereocenters. The van der Waals surface area contributed by atoms with Gasteiger partial charge in [-0.25, -0.2) is 9.59 Å². The Kier molecular flexibility index (Phi) is 8.48. The number of hydrogen-bond donors (Lipinski definition) is 2. The zero-order valence-corrected chi connectivity index (χ0v) is 23.6. The van der Waals surface area contributed by atoms with Crippen LogP contribution in [0.3, 0.4) is 0 Å². The molecule has 2 heterocycles. The van der Waals surface area contributed by atoms with E-state index in [4.69, 9.17) is 9.15 Å². The zero-order chi connectivity index (χ0) is 26.5. The number of methoxy groups -OCH3 is 1. The van der Waals surface area contributed by atoms with Crippen LogP contribution in [0.25, 0.3) is 6.08 Å². The van der Waals surface area contributed by atoms with Crippen LogP contribution < -0.4 is 15.4 Å². The van der Waals surface area contributed by atoms with Crippen LogP contribution in [0.5, 0.6) is 5.75 Å². The highest BCUT2D eigenvalue weighted by molar-refractivity contribution is 14.1. The molecule has 0 radical (unpaired) electrons. The first-order chi connectivity index (χ1) is 17.7. The van der Waals surface area contributed by atoms with Gasteiger partial charge in [0.2, 0.25) is 5.76 Å². The maximum Gasteiger partial charge on any atom is 0.373 e. The number of anilines is 1. The van der Waals surface area contributed by atoms with E-state index in [1.165, 1.54) is 19.2 Å². The van der Waals surface area contributed by atoms with E-state index >= 15 is 0 Å². The van der Waals surface area contributed by atoms with Gasteiger partial charge in [0.1, 0.15) is 17.2 Å². The third-order valence-electron chi connectivity index (χ3n) is 5.06. The van der Waals surface area contributed by atoms with Crippen LogP contribution in [-0.4, -0.2) is 42.4 Å². The summed E-state index contributed by atoms with van der Waals surface area (Å²) in [6.07, 6.45) is 1.55. The number of imide groups is 1. The summed E-state index contributed by atoms with van der Waals surface area (Å²) in [6.45, 7) is -0.318. The van der Waals surface area contributed by atoms with Gasteiger partial charge in [-0.15, -0.1) is 0 Å². The van der Waals surface area contributed by atoms with Crippen LogP contribution in [0.4, 0.5) is 10.5 Å². The molecular formula is C25H19I2N3O7. The number of nitrogens with one attached hydrogen (secondary N) is 2. The van der Waals surface area contributed by atoms with Crippen LogP contribution >= 0.6 is 45.2 Å². The van der Waals surface area contributed by atoms with Gasteiger partial charge < -0.3 is 24.5 Å². The van der Waals surface area contributed by atoms with Crippen molar-refractivity contribution in [2.75, 3.05) is 19.0 Å². The average molecular weight is 727 g/mol. The van der Waals surface area contributed by atoms with E-state index < -0.39 is 17.9 Å². The molecule has 4 rings (SSSR count). The lowest BCUT2D eigenvalue weighted by atomic mass is 10.2. The molecular weight excluding hydrogens is 708 g/mol. The summed E-state index contributed by atoms with van der Waals surface area (Å²) in [4.78, 5) is 50.0. The molecule has 1 saturated heterocycles. The first-order valence-corrected chi connectivity index (χ1v) is 12.9. The molecule has 12 heteroatoms. The van der Waals surface area contributed by atoms with Gasteiger partial charge in [0.15, 0.2) is 6.61 Å². The lowest BCUT2D eigenvalue weighted by Crippen LogP contribution is -2.30. The number of carbonyl (C=O) groups is 4. The summed E-state index contributed by atoms with van der Waals surface area (Å²) in [5.74, 6) is -0.717. The van der Waals surface area contributed by atoms with E-state index in [1.807, 2.05) is 18.2 Å². The van der Waals surface area contributed by atoms with Gasteiger partial charge in [0, 0.05) is 5.69 Å².